The number of carbonyl (C=O) groups is 1. The van der Waals surface area contributed by atoms with Gasteiger partial charge in [-0.25, -0.2) is 4.98 Å². The van der Waals surface area contributed by atoms with Crippen LogP contribution in [0.5, 0.6) is 5.75 Å². The fourth-order valence-electron chi connectivity index (χ4n) is 2.66. The Hall–Kier alpha value is -3.06. The molecular formula is C20H21ClN4O3. The molecule has 1 aromatic heterocycles. The van der Waals surface area contributed by atoms with Crippen LogP contribution in [0, 0.1) is 0 Å². The van der Waals surface area contributed by atoms with Crippen LogP contribution in [-0.4, -0.2) is 21.1 Å². The molecule has 0 unspecified atom stereocenters. The highest BCUT2D eigenvalue weighted by molar-refractivity contribution is 6.30. The second-order valence-corrected chi connectivity index (χ2v) is 7.08. The largest absolute Gasteiger partial charge is 0.478 e. The maximum Gasteiger partial charge on any atom is 0.281 e. The Balaban J connectivity index is 1.78. The minimum atomic E-state index is -1.17. The van der Waals surface area contributed by atoms with E-state index in [4.69, 9.17) is 16.3 Å². The van der Waals surface area contributed by atoms with Crippen LogP contribution in [0.1, 0.15) is 20.8 Å². The van der Waals surface area contributed by atoms with E-state index in [0.717, 1.165) is 0 Å². The number of anilines is 1. The van der Waals surface area contributed by atoms with Crippen LogP contribution >= 0.6 is 11.6 Å². The van der Waals surface area contributed by atoms with E-state index >= 15 is 0 Å². The molecule has 0 aliphatic rings. The first-order valence-corrected chi connectivity index (χ1v) is 9.20. The van der Waals surface area contributed by atoms with Crippen LogP contribution in [0.3, 0.4) is 0 Å². The van der Waals surface area contributed by atoms with Crippen molar-refractivity contribution in [3.8, 4) is 5.75 Å². The molecule has 0 saturated carbocycles. The van der Waals surface area contributed by atoms with E-state index in [1.54, 1.807) is 62.4 Å². The summed E-state index contributed by atoms with van der Waals surface area (Å²) in [5.74, 6) is 0.341. The van der Waals surface area contributed by atoms with E-state index in [1.165, 1.54) is 4.57 Å². The molecule has 0 saturated heterocycles. The van der Waals surface area contributed by atoms with Crippen molar-refractivity contribution in [3.63, 3.8) is 0 Å². The Morgan fingerprint density at radius 1 is 1.18 bits per heavy atom. The van der Waals surface area contributed by atoms with Gasteiger partial charge in [-0.1, -0.05) is 23.7 Å². The van der Waals surface area contributed by atoms with E-state index in [9.17, 15) is 9.59 Å². The van der Waals surface area contributed by atoms with Crippen LogP contribution in [0.15, 0.2) is 53.3 Å². The van der Waals surface area contributed by atoms with Crippen LogP contribution in [-0.2, 0) is 11.3 Å². The zero-order valence-corrected chi connectivity index (χ0v) is 16.6. The number of para-hydroxylation sites is 1. The van der Waals surface area contributed by atoms with Crippen molar-refractivity contribution in [1.82, 2.24) is 15.0 Å². The number of ether oxygens (including phenoxy) is 1. The summed E-state index contributed by atoms with van der Waals surface area (Å²) in [7, 11) is 0. The van der Waals surface area contributed by atoms with Crippen molar-refractivity contribution in [2.24, 2.45) is 0 Å². The molecule has 0 bridgehead atoms. The zero-order valence-electron chi connectivity index (χ0n) is 15.8. The van der Waals surface area contributed by atoms with Gasteiger partial charge in [0, 0.05) is 11.6 Å². The molecule has 0 atom stereocenters. The lowest BCUT2D eigenvalue weighted by molar-refractivity contribution is -0.133. The van der Waals surface area contributed by atoms with Gasteiger partial charge in [0.1, 0.15) is 5.75 Å². The molecule has 1 heterocycles. The molecule has 146 valence electrons. The number of rotatable bonds is 6. The van der Waals surface area contributed by atoms with Gasteiger partial charge in [0.05, 0.1) is 10.9 Å². The van der Waals surface area contributed by atoms with Crippen molar-refractivity contribution in [3.05, 3.63) is 63.9 Å². The maximum absolute atomic E-state index is 12.6. The SMILES string of the molecule is CCn1c(NNC(=O)C(C)(C)Oc2ccc(Cl)cc2)nc2ccccc2c1=O. The van der Waals surface area contributed by atoms with Gasteiger partial charge in [-0.3, -0.25) is 25.0 Å². The summed E-state index contributed by atoms with van der Waals surface area (Å²) in [5, 5.41) is 1.10. The lowest BCUT2D eigenvalue weighted by Crippen LogP contribution is -2.49. The van der Waals surface area contributed by atoms with Gasteiger partial charge in [0.2, 0.25) is 5.95 Å². The molecule has 28 heavy (non-hydrogen) atoms. The van der Waals surface area contributed by atoms with Gasteiger partial charge in [-0.05, 0) is 57.2 Å². The smallest absolute Gasteiger partial charge is 0.281 e. The number of nitrogens with one attached hydrogen (secondary N) is 2. The highest BCUT2D eigenvalue weighted by atomic mass is 35.5. The minimum Gasteiger partial charge on any atom is -0.478 e. The molecular weight excluding hydrogens is 380 g/mol. The Labute approximate surface area is 167 Å². The summed E-state index contributed by atoms with van der Waals surface area (Å²) in [5.41, 5.74) is 4.52. The Morgan fingerprint density at radius 3 is 2.54 bits per heavy atom. The highest BCUT2D eigenvalue weighted by Crippen LogP contribution is 2.21. The van der Waals surface area contributed by atoms with Crippen LogP contribution < -0.4 is 21.1 Å². The van der Waals surface area contributed by atoms with Crippen LogP contribution in [0.25, 0.3) is 10.9 Å². The number of hydrazine groups is 1. The van der Waals surface area contributed by atoms with Gasteiger partial charge in [-0.2, -0.15) is 0 Å². The fraction of sp³-hybridized carbons (Fsp3) is 0.250. The van der Waals surface area contributed by atoms with E-state index in [2.05, 4.69) is 15.8 Å². The molecule has 3 aromatic rings. The van der Waals surface area contributed by atoms with E-state index in [-0.39, 0.29) is 11.5 Å². The predicted octanol–water partition coefficient (Wildman–Crippen LogP) is 3.37. The number of benzene rings is 2. The Morgan fingerprint density at radius 2 is 1.86 bits per heavy atom. The number of carbonyl (C=O) groups excluding carboxylic acids is 1. The molecule has 0 aliphatic carbocycles. The highest BCUT2D eigenvalue weighted by Gasteiger charge is 2.30. The Bertz CT molecular complexity index is 1060. The molecule has 3 rings (SSSR count). The van der Waals surface area contributed by atoms with Crippen LogP contribution in [0.2, 0.25) is 5.02 Å². The van der Waals surface area contributed by atoms with E-state index in [0.29, 0.717) is 28.2 Å². The van der Waals surface area contributed by atoms with Crippen molar-refractivity contribution >= 4 is 34.4 Å². The third kappa shape index (κ3) is 4.09. The quantitative estimate of drug-likeness (QED) is 0.619. The number of amides is 1. The predicted molar refractivity (Wildman–Crippen MR) is 110 cm³/mol. The number of hydrogen-bond donors (Lipinski definition) is 2. The lowest BCUT2D eigenvalue weighted by atomic mass is 10.1. The molecule has 7 nitrogen and oxygen atoms in total. The summed E-state index contributed by atoms with van der Waals surface area (Å²) in [6, 6.07) is 13.8. The van der Waals surface area contributed by atoms with Crippen molar-refractivity contribution < 1.29 is 9.53 Å². The normalized spacial score (nSPS) is 11.3. The van der Waals surface area contributed by atoms with Crippen molar-refractivity contribution in [2.75, 3.05) is 5.43 Å². The first-order chi connectivity index (χ1) is 13.3. The standard InChI is InChI=1S/C20H21ClN4O3/c1-4-25-17(26)15-7-5-6-8-16(15)22-19(25)24-23-18(27)20(2,3)28-14-11-9-13(21)10-12-14/h5-12H,4H2,1-3H3,(H,22,24)(H,23,27). The van der Waals surface area contributed by atoms with E-state index in [1.807, 2.05) is 6.92 Å². The zero-order chi connectivity index (χ0) is 20.3. The van der Waals surface area contributed by atoms with Gasteiger partial charge < -0.3 is 4.74 Å². The van der Waals surface area contributed by atoms with Crippen molar-refractivity contribution in [1.29, 1.82) is 0 Å². The average molecular weight is 401 g/mol. The minimum absolute atomic E-state index is 0.179. The number of hydrogen-bond acceptors (Lipinski definition) is 5. The third-order valence-corrected chi connectivity index (χ3v) is 4.45. The first-order valence-electron chi connectivity index (χ1n) is 8.82. The summed E-state index contributed by atoms with van der Waals surface area (Å²) >= 11 is 5.87. The molecule has 0 fully saturated rings. The van der Waals surface area contributed by atoms with Gasteiger partial charge in [-0.15, -0.1) is 0 Å². The second-order valence-electron chi connectivity index (χ2n) is 6.65. The monoisotopic (exact) mass is 400 g/mol. The molecule has 0 radical (unpaired) electrons. The topological polar surface area (TPSA) is 85.2 Å². The molecule has 2 N–H and O–H groups in total. The summed E-state index contributed by atoms with van der Waals surface area (Å²) in [6.07, 6.45) is 0. The number of fused-ring (bicyclic) bond motifs is 1. The number of aromatic nitrogens is 2. The Kier molecular flexibility index (Phi) is 5.56. The molecule has 0 aliphatic heterocycles. The van der Waals surface area contributed by atoms with Gasteiger partial charge in [0.25, 0.3) is 11.5 Å². The van der Waals surface area contributed by atoms with Crippen LogP contribution in [0.4, 0.5) is 5.95 Å². The number of halogens is 1. The lowest BCUT2D eigenvalue weighted by Gasteiger charge is -2.25. The average Bonchev–Trinajstić information content (AvgIpc) is 2.68. The van der Waals surface area contributed by atoms with E-state index < -0.39 is 11.5 Å². The summed E-state index contributed by atoms with van der Waals surface area (Å²) < 4.78 is 7.21. The molecule has 2 aromatic carbocycles. The number of nitrogens with zero attached hydrogens (tertiary/aromatic N) is 2. The first kappa shape index (κ1) is 19.7. The second kappa shape index (κ2) is 7.90. The van der Waals surface area contributed by atoms with Crippen molar-refractivity contribution in [2.45, 2.75) is 32.9 Å². The molecule has 8 heteroatoms. The van der Waals surface area contributed by atoms with Gasteiger partial charge >= 0.3 is 0 Å². The fourth-order valence-corrected chi connectivity index (χ4v) is 2.79. The maximum atomic E-state index is 12.6. The van der Waals surface area contributed by atoms with Gasteiger partial charge in [0.15, 0.2) is 5.60 Å². The molecule has 0 spiro atoms. The third-order valence-electron chi connectivity index (χ3n) is 4.20. The molecule has 1 amide bonds. The summed E-state index contributed by atoms with van der Waals surface area (Å²) in [4.78, 5) is 29.7. The summed E-state index contributed by atoms with van der Waals surface area (Å²) in [6.45, 7) is 5.51.